The van der Waals surface area contributed by atoms with Gasteiger partial charge in [0.15, 0.2) is 0 Å². The van der Waals surface area contributed by atoms with E-state index in [4.69, 9.17) is 16.3 Å². The summed E-state index contributed by atoms with van der Waals surface area (Å²) in [6.45, 7) is 0. The van der Waals surface area contributed by atoms with Gasteiger partial charge in [-0.25, -0.2) is 0 Å². The normalized spacial score (nSPS) is 29.0. The maximum Gasteiger partial charge on any atom is 0.148 e. The molecule has 4 heteroatoms. The van der Waals surface area contributed by atoms with Crippen LogP contribution in [0.3, 0.4) is 0 Å². The van der Waals surface area contributed by atoms with Gasteiger partial charge < -0.3 is 4.74 Å². The summed E-state index contributed by atoms with van der Waals surface area (Å²) in [6.07, 6.45) is 7.60. The molecule has 3 rings (SSSR count). The number of ether oxygens (including phenoxy) is 1. The second kappa shape index (κ2) is 5.57. The van der Waals surface area contributed by atoms with Gasteiger partial charge in [-0.3, -0.25) is 0 Å². The van der Waals surface area contributed by atoms with Crippen molar-refractivity contribution in [3.05, 3.63) is 27.1 Å². The lowest BCUT2D eigenvalue weighted by molar-refractivity contribution is -0.0657. The Labute approximate surface area is 136 Å². The zero-order valence-corrected chi connectivity index (χ0v) is 14.6. The Hall–Kier alpha value is 0.270. The van der Waals surface area contributed by atoms with Crippen molar-refractivity contribution < 1.29 is 4.74 Å². The van der Waals surface area contributed by atoms with E-state index in [0.717, 1.165) is 21.1 Å². The van der Waals surface area contributed by atoms with E-state index >= 15 is 0 Å². The highest BCUT2D eigenvalue weighted by Gasteiger charge is 2.56. The number of alkyl halides is 1. The highest BCUT2D eigenvalue weighted by Crippen LogP contribution is 2.56. The van der Waals surface area contributed by atoms with Crippen molar-refractivity contribution in [3.8, 4) is 5.75 Å². The van der Waals surface area contributed by atoms with Gasteiger partial charge in [0.1, 0.15) is 11.9 Å². The number of para-hydroxylation sites is 1. The van der Waals surface area contributed by atoms with Gasteiger partial charge in [0.25, 0.3) is 0 Å². The fourth-order valence-corrected chi connectivity index (χ4v) is 5.15. The first kappa shape index (κ1) is 14.2. The second-order valence-electron chi connectivity index (χ2n) is 5.65. The molecule has 0 aromatic heterocycles. The van der Waals surface area contributed by atoms with Crippen molar-refractivity contribution in [2.75, 3.05) is 0 Å². The van der Waals surface area contributed by atoms with Crippen LogP contribution in [0.2, 0.25) is 0 Å². The molecule has 2 aliphatic carbocycles. The fraction of sp³-hybridized carbons (Fsp3) is 0.600. The van der Waals surface area contributed by atoms with Crippen LogP contribution in [0.1, 0.15) is 38.5 Å². The Kier molecular flexibility index (Phi) is 4.17. The quantitative estimate of drug-likeness (QED) is 0.552. The molecule has 0 bridgehead atoms. The van der Waals surface area contributed by atoms with E-state index < -0.39 is 0 Å². The number of hydrogen-bond donors (Lipinski definition) is 0. The highest BCUT2D eigenvalue weighted by atomic mass is 79.9. The van der Waals surface area contributed by atoms with Crippen molar-refractivity contribution >= 4 is 43.5 Å². The van der Waals surface area contributed by atoms with E-state index in [1.54, 1.807) is 0 Å². The van der Waals surface area contributed by atoms with E-state index in [-0.39, 0.29) is 11.5 Å². The molecule has 104 valence electrons. The molecule has 0 aliphatic heterocycles. The molecule has 1 aromatic carbocycles. The van der Waals surface area contributed by atoms with Gasteiger partial charge in [-0.15, -0.1) is 11.6 Å². The maximum absolute atomic E-state index is 6.52. The monoisotopic (exact) mass is 406 g/mol. The average molecular weight is 409 g/mol. The van der Waals surface area contributed by atoms with E-state index in [9.17, 15) is 0 Å². The standard InChI is InChI=1S/C15H17Br2ClO/c16-10-5-4-6-11(17)14(10)19-13-9-12(18)15(13)7-2-1-3-8-15/h4-6,12-13H,1-3,7-9H2. The van der Waals surface area contributed by atoms with Crippen LogP contribution in [-0.4, -0.2) is 11.5 Å². The van der Waals surface area contributed by atoms with Gasteiger partial charge >= 0.3 is 0 Å². The van der Waals surface area contributed by atoms with Crippen LogP contribution in [0.4, 0.5) is 0 Å². The van der Waals surface area contributed by atoms with Gasteiger partial charge in [0.2, 0.25) is 0 Å². The summed E-state index contributed by atoms with van der Waals surface area (Å²) in [5.74, 6) is 0.918. The molecule has 2 aliphatic rings. The molecular weight excluding hydrogens is 391 g/mol. The molecule has 1 nitrogen and oxygen atoms in total. The van der Waals surface area contributed by atoms with E-state index in [1.165, 1.54) is 32.1 Å². The van der Waals surface area contributed by atoms with Gasteiger partial charge in [-0.05, 0) is 56.8 Å². The van der Waals surface area contributed by atoms with Crippen LogP contribution in [0.25, 0.3) is 0 Å². The first-order valence-corrected chi connectivity index (χ1v) is 8.90. The van der Waals surface area contributed by atoms with Crippen LogP contribution < -0.4 is 4.74 Å². The average Bonchev–Trinajstić information content (AvgIpc) is 2.43. The van der Waals surface area contributed by atoms with Crippen molar-refractivity contribution in [3.63, 3.8) is 0 Å². The molecular formula is C15H17Br2ClO. The predicted molar refractivity (Wildman–Crippen MR) is 86.0 cm³/mol. The fourth-order valence-electron chi connectivity index (χ4n) is 3.45. The van der Waals surface area contributed by atoms with E-state index in [1.807, 2.05) is 18.2 Å². The van der Waals surface area contributed by atoms with Crippen molar-refractivity contribution in [1.82, 2.24) is 0 Å². The van der Waals surface area contributed by atoms with Crippen LogP contribution >= 0.6 is 43.5 Å². The van der Waals surface area contributed by atoms with Crippen molar-refractivity contribution in [1.29, 1.82) is 0 Å². The Morgan fingerprint density at radius 3 is 2.32 bits per heavy atom. The molecule has 0 saturated heterocycles. The predicted octanol–water partition coefficient (Wildman–Crippen LogP) is 5.92. The van der Waals surface area contributed by atoms with Crippen molar-refractivity contribution in [2.45, 2.75) is 50.0 Å². The zero-order chi connectivity index (χ0) is 13.5. The first-order valence-electron chi connectivity index (χ1n) is 6.88. The summed E-state index contributed by atoms with van der Waals surface area (Å²) in [6, 6.07) is 6.04. The van der Waals surface area contributed by atoms with Crippen LogP contribution in [-0.2, 0) is 0 Å². The Morgan fingerprint density at radius 1 is 1.11 bits per heavy atom. The summed E-state index contributed by atoms with van der Waals surface area (Å²) in [4.78, 5) is 0. The molecule has 2 atom stereocenters. The number of hydrogen-bond acceptors (Lipinski definition) is 1. The summed E-state index contributed by atoms with van der Waals surface area (Å²) in [5.41, 5.74) is 0.217. The smallest absolute Gasteiger partial charge is 0.148 e. The van der Waals surface area contributed by atoms with Crippen LogP contribution in [0, 0.1) is 5.41 Å². The molecule has 2 unspecified atom stereocenters. The molecule has 1 spiro atoms. The Bertz CT molecular complexity index is 451. The van der Waals surface area contributed by atoms with Gasteiger partial charge in [0.05, 0.1) is 8.95 Å². The zero-order valence-electron chi connectivity index (χ0n) is 10.7. The number of halogens is 3. The van der Waals surface area contributed by atoms with Gasteiger partial charge in [-0.2, -0.15) is 0 Å². The summed E-state index contributed by atoms with van der Waals surface area (Å²) >= 11 is 13.7. The SMILES string of the molecule is ClC1CC(Oc2c(Br)cccc2Br)C12CCCCC2. The molecule has 0 heterocycles. The van der Waals surface area contributed by atoms with Gasteiger partial charge in [0, 0.05) is 17.2 Å². The second-order valence-corrected chi connectivity index (χ2v) is 7.89. The lowest BCUT2D eigenvalue weighted by atomic mass is 9.58. The Morgan fingerprint density at radius 2 is 1.74 bits per heavy atom. The minimum Gasteiger partial charge on any atom is -0.487 e. The maximum atomic E-state index is 6.52. The van der Waals surface area contributed by atoms with Crippen molar-refractivity contribution in [2.24, 2.45) is 5.41 Å². The Balaban J connectivity index is 1.80. The first-order chi connectivity index (χ1) is 9.13. The molecule has 0 amide bonds. The molecule has 1 aromatic rings. The van der Waals surface area contributed by atoms with E-state index in [0.29, 0.717) is 5.38 Å². The largest absolute Gasteiger partial charge is 0.487 e. The molecule has 0 radical (unpaired) electrons. The van der Waals surface area contributed by atoms with Gasteiger partial charge in [-0.1, -0.05) is 25.3 Å². The van der Waals surface area contributed by atoms with E-state index in [2.05, 4.69) is 31.9 Å². The minimum absolute atomic E-state index is 0.217. The third kappa shape index (κ3) is 2.47. The van der Waals surface area contributed by atoms with Crippen LogP contribution in [0.15, 0.2) is 27.1 Å². The molecule has 2 fully saturated rings. The molecule has 19 heavy (non-hydrogen) atoms. The minimum atomic E-state index is 0.217. The topological polar surface area (TPSA) is 9.23 Å². The number of benzene rings is 1. The van der Waals surface area contributed by atoms with Crippen LogP contribution in [0.5, 0.6) is 5.75 Å². The third-order valence-electron chi connectivity index (χ3n) is 4.65. The third-order valence-corrected chi connectivity index (χ3v) is 6.51. The highest BCUT2D eigenvalue weighted by molar-refractivity contribution is 9.11. The summed E-state index contributed by atoms with van der Waals surface area (Å²) in [7, 11) is 0. The summed E-state index contributed by atoms with van der Waals surface area (Å²) < 4.78 is 8.31. The molecule has 2 saturated carbocycles. The lowest BCUT2D eigenvalue weighted by Gasteiger charge is -2.55. The molecule has 0 N–H and O–H groups in total. The number of rotatable bonds is 2. The lowest BCUT2D eigenvalue weighted by Crippen LogP contribution is -2.58. The summed E-state index contributed by atoms with van der Waals surface area (Å²) in [5, 5.41) is 0.291.